The molecule has 1 saturated heterocycles. The Labute approximate surface area is 138 Å². The van der Waals surface area contributed by atoms with Crippen LogP contribution < -0.4 is 10.2 Å². The maximum Gasteiger partial charge on any atom is 0.407 e. The van der Waals surface area contributed by atoms with Crippen LogP contribution in [0.3, 0.4) is 0 Å². The molecule has 1 heterocycles. The number of para-hydroxylation sites is 1. The second-order valence-corrected chi connectivity index (χ2v) is 7.12. The fourth-order valence-corrected chi connectivity index (χ4v) is 2.95. The van der Waals surface area contributed by atoms with Crippen molar-refractivity contribution < 1.29 is 14.6 Å². The molecular formula is C18H28N2O3. The van der Waals surface area contributed by atoms with Crippen molar-refractivity contribution >= 4 is 11.8 Å². The van der Waals surface area contributed by atoms with Gasteiger partial charge in [0.25, 0.3) is 0 Å². The summed E-state index contributed by atoms with van der Waals surface area (Å²) >= 11 is 0. The SMILES string of the molecule is CC(C)(C)OC(=O)NCC1CCCN(c2ccccc2CO)C1. The van der Waals surface area contributed by atoms with Crippen LogP contribution in [0.1, 0.15) is 39.2 Å². The number of benzene rings is 1. The van der Waals surface area contributed by atoms with Crippen molar-refractivity contribution in [2.45, 2.75) is 45.8 Å². The molecule has 1 amide bonds. The topological polar surface area (TPSA) is 61.8 Å². The molecule has 128 valence electrons. The maximum atomic E-state index is 11.8. The molecule has 0 aromatic heterocycles. The predicted molar refractivity (Wildman–Crippen MR) is 91.5 cm³/mol. The quantitative estimate of drug-likeness (QED) is 0.895. The number of rotatable bonds is 4. The van der Waals surface area contributed by atoms with Gasteiger partial charge in [0.05, 0.1) is 6.61 Å². The van der Waals surface area contributed by atoms with Crippen molar-refractivity contribution in [2.75, 3.05) is 24.5 Å². The Kier molecular flexibility index (Phi) is 5.88. The van der Waals surface area contributed by atoms with Crippen molar-refractivity contribution in [3.05, 3.63) is 29.8 Å². The van der Waals surface area contributed by atoms with E-state index in [9.17, 15) is 9.90 Å². The Hall–Kier alpha value is -1.75. The Bertz CT molecular complexity index is 525. The van der Waals surface area contributed by atoms with E-state index in [1.54, 1.807) is 0 Å². The summed E-state index contributed by atoms with van der Waals surface area (Å²) in [4.78, 5) is 14.1. The number of nitrogens with zero attached hydrogens (tertiary/aromatic N) is 1. The van der Waals surface area contributed by atoms with Crippen LogP contribution in [-0.2, 0) is 11.3 Å². The standard InChI is InChI=1S/C18H28N2O3/c1-18(2,3)23-17(22)19-11-14-7-6-10-20(12-14)16-9-5-4-8-15(16)13-21/h4-5,8-9,14,21H,6-7,10-13H2,1-3H3,(H,19,22). The second-order valence-electron chi connectivity index (χ2n) is 7.12. The van der Waals surface area contributed by atoms with Gasteiger partial charge >= 0.3 is 6.09 Å². The smallest absolute Gasteiger partial charge is 0.407 e. The van der Waals surface area contributed by atoms with Gasteiger partial charge in [-0.3, -0.25) is 0 Å². The van der Waals surface area contributed by atoms with Gasteiger partial charge in [-0.25, -0.2) is 4.79 Å². The maximum absolute atomic E-state index is 11.8. The lowest BCUT2D eigenvalue weighted by Crippen LogP contribution is -2.42. The number of ether oxygens (including phenoxy) is 1. The van der Waals surface area contributed by atoms with Gasteiger partial charge in [-0.05, 0) is 45.6 Å². The molecule has 1 aliphatic rings. The summed E-state index contributed by atoms with van der Waals surface area (Å²) in [7, 11) is 0. The van der Waals surface area contributed by atoms with Crippen LogP contribution in [0.4, 0.5) is 10.5 Å². The van der Waals surface area contributed by atoms with Crippen molar-refractivity contribution in [1.82, 2.24) is 5.32 Å². The van der Waals surface area contributed by atoms with E-state index >= 15 is 0 Å². The summed E-state index contributed by atoms with van der Waals surface area (Å²) in [6.07, 6.45) is 1.82. The molecule has 1 unspecified atom stereocenters. The van der Waals surface area contributed by atoms with Gasteiger partial charge in [0.2, 0.25) is 0 Å². The minimum atomic E-state index is -0.469. The van der Waals surface area contributed by atoms with Gasteiger partial charge in [-0.15, -0.1) is 0 Å². The van der Waals surface area contributed by atoms with Gasteiger partial charge in [-0.1, -0.05) is 18.2 Å². The summed E-state index contributed by atoms with van der Waals surface area (Å²) in [6.45, 7) is 8.12. The first-order chi connectivity index (χ1) is 10.9. The van der Waals surface area contributed by atoms with Crippen LogP contribution in [0.2, 0.25) is 0 Å². The van der Waals surface area contributed by atoms with E-state index in [0.29, 0.717) is 12.5 Å². The van der Waals surface area contributed by atoms with Gasteiger partial charge < -0.3 is 20.1 Å². The largest absolute Gasteiger partial charge is 0.444 e. The molecule has 5 heteroatoms. The van der Waals surface area contributed by atoms with E-state index in [4.69, 9.17) is 4.74 Å². The molecule has 1 aliphatic heterocycles. The number of hydrogen-bond donors (Lipinski definition) is 2. The molecule has 0 bridgehead atoms. The highest BCUT2D eigenvalue weighted by molar-refractivity contribution is 5.67. The molecule has 1 aromatic carbocycles. The number of aliphatic hydroxyl groups excluding tert-OH is 1. The molecular weight excluding hydrogens is 292 g/mol. The van der Waals surface area contributed by atoms with E-state index in [-0.39, 0.29) is 12.7 Å². The lowest BCUT2D eigenvalue weighted by atomic mass is 9.97. The van der Waals surface area contributed by atoms with Gasteiger partial charge in [0, 0.05) is 30.9 Å². The third-order valence-electron chi connectivity index (χ3n) is 3.96. The lowest BCUT2D eigenvalue weighted by molar-refractivity contribution is 0.0517. The number of piperidine rings is 1. The highest BCUT2D eigenvalue weighted by Gasteiger charge is 2.23. The number of alkyl carbamates (subject to hydrolysis) is 1. The zero-order chi connectivity index (χ0) is 16.9. The highest BCUT2D eigenvalue weighted by atomic mass is 16.6. The Morgan fingerprint density at radius 3 is 2.83 bits per heavy atom. The van der Waals surface area contributed by atoms with E-state index in [0.717, 1.165) is 37.2 Å². The van der Waals surface area contributed by atoms with Crippen molar-refractivity contribution in [3.63, 3.8) is 0 Å². The average Bonchev–Trinajstić information content (AvgIpc) is 2.51. The van der Waals surface area contributed by atoms with Crippen molar-refractivity contribution in [1.29, 1.82) is 0 Å². The van der Waals surface area contributed by atoms with Crippen LogP contribution in [0, 0.1) is 5.92 Å². The van der Waals surface area contributed by atoms with Crippen molar-refractivity contribution in [3.8, 4) is 0 Å². The molecule has 2 N–H and O–H groups in total. The summed E-state index contributed by atoms with van der Waals surface area (Å²) < 4.78 is 5.28. The molecule has 5 nitrogen and oxygen atoms in total. The van der Waals surface area contributed by atoms with E-state index in [1.807, 2.05) is 39.0 Å². The molecule has 0 saturated carbocycles. The third-order valence-corrected chi connectivity index (χ3v) is 3.96. The van der Waals surface area contributed by atoms with Gasteiger partial charge in [0.15, 0.2) is 0 Å². The number of carbonyl (C=O) groups excluding carboxylic acids is 1. The third kappa shape index (κ3) is 5.43. The first-order valence-corrected chi connectivity index (χ1v) is 8.29. The van der Waals surface area contributed by atoms with Crippen molar-refractivity contribution in [2.24, 2.45) is 5.92 Å². The van der Waals surface area contributed by atoms with Crippen LogP contribution in [0.25, 0.3) is 0 Å². The average molecular weight is 320 g/mol. The fourth-order valence-electron chi connectivity index (χ4n) is 2.95. The van der Waals surface area contributed by atoms with E-state index < -0.39 is 5.60 Å². The molecule has 23 heavy (non-hydrogen) atoms. The normalized spacial score (nSPS) is 18.6. The number of anilines is 1. The lowest BCUT2D eigenvalue weighted by Gasteiger charge is -2.35. The zero-order valence-electron chi connectivity index (χ0n) is 14.3. The minimum Gasteiger partial charge on any atom is -0.444 e. The monoisotopic (exact) mass is 320 g/mol. The number of carbonyl (C=O) groups is 1. The Morgan fingerprint density at radius 1 is 1.39 bits per heavy atom. The summed E-state index contributed by atoms with van der Waals surface area (Å²) in [5.41, 5.74) is 1.58. The van der Waals surface area contributed by atoms with Crippen LogP contribution in [0.5, 0.6) is 0 Å². The Balaban J connectivity index is 1.90. The first kappa shape index (κ1) is 17.6. The van der Waals surface area contributed by atoms with Crippen LogP contribution >= 0.6 is 0 Å². The number of aliphatic hydroxyl groups is 1. The molecule has 0 radical (unpaired) electrons. The molecule has 1 fully saturated rings. The molecule has 1 atom stereocenters. The first-order valence-electron chi connectivity index (χ1n) is 8.29. The van der Waals surface area contributed by atoms with Gasteiger partial charge in [0.1, 0.15) is 5.60 Å². The molecule has 1 aromatic rings. The highest BCUT2D eigenvalue weighted by Crippen LogP contribution is 2.26. The minimum absolute atomic E-state index is 0.0491. The number of amides is 1. The number of nitrogens with one attached hydrogen (secondary N) is 1. The summed E-state index contributed by atoms with van der Waals surface area (Å²) in [5, 5.41) is 12.4. The van der Waals surface area contributed by atoms with Crippen LogP contribution in [0.15, 0.2) is 24.3 Å². The zero-order valence-corrected chi connectivity index (χ0v) is 14.3. The van der Waals surface area contributed by atoms with Gasteiger partial charge in [-0.2, -0.15) is 0 Å². The number of hydrogen-bond acceptors (Lipinski definition) is 4. The van der Waals surface area contributed by atoms with E-state index in [1.165, 1.54) is 0 Å². The summed E-state index contributed by atoms with van der Waals surface area (Å²) in [6, 6.07) is 7.95. The summed E-state index contributed by atoms with van der Waals surface area (Å²) in [5.74, 6) is 0.392. The van der Waals surface area contributed by atoms with E-state index in [2.05, 4.69) is 16.3 Å². The Morgan fingerprint density at radius 2 is 2.13 bits per heavy atom. The molecule has 0 aliphatic carbocycles. The fraction of sp³-hybridized carbons (Fsp3) is 0.611. The predicted octanol–water partition coefficient (Wildman–Crippen LogP) is 2.92. The molecule has 2 rings (SSSR count). The second kappa shape index (κ2) is 7.68. The van der Waals surface area contributed by atoms with Crippen LogP contribution in [-0.4, -0.2) is 36.4 Å². The molecule has 0 spiro atoms.